The SMILES string of the molecule is Cc1nn(C)c(C)c1CNS(=O)(=O)c1[nH]ncc1CN. The maximum Gasteiger partial charge on any atom is 0.258 e. The third-order valence-electron chi connectivity index (χ3n) is 3.26. The normalized spacial score (nSPS) is 12.0. The highest BCUT2D eigenvalue weighted by atomic mass is 32.2. The third-order valence-corrected chi connectivity index (χ3v) is 4.68. The topological polar surface area (TPSA) is 119 Å². The first-order valence-corrected chi connectivity index (χ1v) is 7.56. The van der Waals surface area contributed by atoms with Gasteiger partial charge in [0.25, 0.3) is 10.0 Å². The van der Waals surface area contributed by atoms with Crippen molar-refractivity contribution in [1.29, 1.82) is 0 Å². The van der Waals surface area contributed by atoms with Gasteiger partial charge in [-0.3, -0.25) is 9.78 Å². The minimum atomic E-state index is -3.67. The van der Waals surface area contributed by atoms with Crippen LogP contribution in [0.3, 0.4) is 0 Å². The summed E-state index contributed by atoms with van der Waals surface area (Å²) in [5, 5.41) is 10.4. The van der Waals surface area contributed by atoms with Gasteiger partial charge >= 0.3 is 0 Å². The molecule has 0 amide bonds. The lowest BCUT2D eigenvalue weighted by molar-refractivity contribution is 0.575. The maximum atomic E-state index is 12.2. The number of aromatic nitrogens is 4. The molecule has 0 spiro atoms. The van der Waals surface area contributed by atoms with E-state index in [1.54, 1.807) is 4.68 Å². The molecule has 4 N–H and O–H groups in total. The molecule has 0 unspecified atom stereocenters. The molecule has 0 saturated heterocycles. The van der Waals surface area contributed by atoms with Crippen molar-refractivity contribution in [3.05, 3.63) is 28.7 Å². The highest BCUT2D eigenvalue weighted by Gasteiger charge is 2.21. The number of hydrogen-bond donors (Lipinski definition) is 3. The Balaban J connectivity index is 2.22. The van der Waals surface area contributed by atoms with Crippen LogP contribution in [0.2, 0.25) is 0 Å². The lowest BCUT2D eigenvalue weighted by Gasteiger charge is -2.07. The van der Waals surface area contributed by atoms with Gasteiger partial charge in [0.2, 0.25) is 0 Å². The third kappa shape index (κ3) is 2.60. The van der Waals surface area contributed by atoms with Crippen molar-refractivity contribution in [1.82, 2.24) is 24.7 Å². The fourth-order valence-corrected chi connectivity index (χ4v) is 3.12. The summed E-state index contributed by atoms with van der Waals surface area (Å²) in [5.41, 5.74) is 8.53. The minimum Gasteiger partial charge on any atom is -0.326 e. The van der Waals surface area contributed by atoms with E-state index in [9.17, 15) is 8.42 Å². The highest BCUT2D eigenvalue weighted by Crippen LogP contribution is 2.15. The molecule has 0 bridgehead atoms. The quantitative estimate of drug-likeness (QED) is 0.700. The molecule has 20 heavy (non-hydrogen) atoms. The van der Waals surface area contributed by atoms with Crippen molar-refractivity contribution in [3.63, 3.8) is 0 Å². The molecular formula is C11H18N6O2S. The van der Waals surface area contributed by atoms with Gasteiger partial charge < -0.3 is 5.73 Å². The van der Waals surface area contributed by atoms with Gasteiger partial charge in [-0.05, 0) is 13.8 Å². The predicted octanol–water partition coefficient (Wildman–Crippen LogP) is -0.303. The first-order valence-electron chi connectivity index (χ1n) is 6.08. The molecule has 0 fully saturated rings. The van der Waals surface area contributed by atoms with Gasteiger partial charge in [-0.25, -0.2) is 13.1 Å². The number of aryl methyl sites for hydroxylation is 2. The average molecular weight is 298 g/mol. The molecule has 8 nitrogen and oxygen atoms in total. The number of nitrogens with one attached hydrogen (secondary N) is 2. The van der Waals surface area contributed by atoms with Crippen molar-refractivity contribution < 1.29 is 8.42 Å². The molecule has 0 aromatic carbocycles. The van der Waals surface area contributed by atoms with Crippen LogP contribution in [0.25, 0.3) is 0 Å². The summed E-state index contributed by atoms with van der Waals surface area (Å²) in [6.07, 6.45) is 1.41. The lowest BCUT2D eigenvalue weighted by atomic mass is 10.2. The molecule has 2 rings (SSSR count). The van der Waals surface area contributed by atoms with Gasteiger partial charge in [-0.2, -0.15) is 10.2 Å². The van der Waals surface area contributed by atoms with E-state index in [1.165, 1.54) is 6.20 Å². The van der Waals surface area contributed by atoms with Crippen LogP contribution in [0.4, 0.5) is 0 Å². The van der Waals surface area contributed by atoms with E-state index in [4.69, 9.17) is 5.73 Å². The first kappa shape index (κ1) is 14.7. The van der Waals surface area contributed by atoms with Crippen molar-refractivity contribution in [2.45, 2.75) is 32.0 Å². The van der Waals surface area contributed by atoms with Crippen molar-refractivity contribution >= 4 is 10.0 Å². The summed E-state index contributed by atoms with van der Waals surface area (Å²) in [5.74, 6) is 0. The Hall–Kier alpha value is -1.71. The van der Waals surface area contributed by atoms with Crippen LogP contribution in [0, 0.1) is 13.8 Å². The van der Waals surface area contributed by atoms with E-state index >= 15 is 0 Å². The molecule has 110 valence electrons. The van der Waals surface area contributed by atoms with Crippen molar-refractivity contribution in [2.24, 2.45) is 12.8 Å². The fraction of sp³-hybridized carbons (Fsp3) is 0.455. The van der Waals surface area contributed by atoms with Crippen LogP contribution in [0.5, 0.6) is 0 Å². The molecule has 0 aliphatic carbocycles. The zero-order chi connectivity index (χ0) is 14.9. The number of hydrogen-bond acceptors (Lipinski definition) is 5. The molecule has 0 radical (unpaired) electrons. The second-order valence-electron chi connectivity index (χ2n) is 4.53. The summed E-state index contributed by atoms with van der Waals surface area (Å²) < 4.78 is 28.7. The maximum absolute atomic E-state index is 12.2. The largest absolute Gasteiger partial charge is 0.326 e. The molecule has 9 heteroatoms. The number of sulfonamides is 1. The molecule has 0 aliphatic heterocycles. The molecule has 2 heterocycles. The summed E-state index contributed by atoms with van der Waals surface area (Å²) in [6, 6.07) is 0. The van der Waals surface area contributed by atoms with Crippen LogP contribution in [0.1, 0.15) is 22.5 Å². The number of nitrogens with zero attached hydrogens (tertiary/aromatic N) is 3. The minimum absolute atomic E-state index is 0.0131. The molecule has 0 saturated carbocycles. The second kappa shape index (κ2) is 5.35. The van der Waals surface area contributed by atoms with Gasteiger partial charge in [0, 0.05) is 37.0 Å². The summed E-state index contributed by atoms with van der Waals surface area (Å²) in [6.45, 7) is 4.03. The van der Waals surface area contributed by atoms with Crippen LogP contribution in [-0.2, 0) is 30.2 Å². The lowest BCUT2D eigenvalue weighted by Crippen LogP contribution is -2.25. The van der Waals surface area contributed by atoms with Crippen LogP contribution < -0.4 is 10.5 Å². The zero-order valence-electron chi connectivity index (χ0n) is 11.6. The second-order valence-corrected chi connectivity index (χ2v) is 6.23. The Bertz CT molecular complexity index is 715. The van der Waals surface area contributed by atoms with Crippen LogP contribution in [0.15, 0.2) is 11.2 Å². The van der Waals surface area contributed by atoms with E-state index in [0.29, 0.717) is 5.56 Å². The Morgan fingerprint density at radius 3 is 2.70 bits per heavy atom. The van der Waals surface area contributed by atoms with E-state index in [2.05, 4.69) is 20.0 Å². The van der Waals surface area contributed by atoms with Crippen LogP contribution >= 0.6 is 0 Å². The van der Waals surface area contributed by atoms with Crippen molar-refractivity contribution in [3.8, 4) is 0 Å². The van der Waals surface area contributed by atoms with E-state index in [-0.39, 0.29) is 18.1 Å². The zero-order valence-corrected chi connectivity index (χ0v) is 12.5. The van der Waals surface area contributed by atoms with Crippen molar-refractivity contribution in [2.75, 3.05) is 0 Å². The Morgan fingerprint density at radius 2 is 2.15 bits per heavy atom. The Morgan fingerprint density at radius 1 is 1.45 bits per heavy atom. The molecular weight excluding hydrogens is 280 g/mol. The smallest absolute Gasteiger partial charge is 0.258 e. The summed E-state index contributed by atoms with van der Waals surface area (Å²) in [4.78, 5) is 0. The number of aromatic amines is 1. The monoisotopic (exact) mass is 298 g/mol. The predicted molar refractivity (Wildman–Crippen MR) is 73.2 cm³/mol. The van der Waals surface area contributed by atoms with Gasteiger partial charge in [-0.15, -0.1) is 0 Å². The van der Waals surface area contributed by atoms with E-state index in [0.717, 1.165) is 17.0 Å². The van der Waals surface area contributed by atoms with E-state index in [1.807, 2.05) is 20.9 Å². The fourth-order valence-electron chi connectivity index (χ4n) is 1.99. The van der Waals surface area contributed by atoms with E-state index < -0.39 is 10.0 Å². The number of nitrogens with two attached hydrogens (primary N) is 1. The number of rotatable bonds is 5. The Labute approximate surface area is 117 Å². The van der Waals surface area contributed by atoms with Gasteiger partial charge in [0.1, 0.15) is 0 Å². The van der Waals surface area contributed by atoms with Crippen LogP contribution in [-0.4, -0.2) is 28.4 Å². The summed E-state index contributed by atoms with van der Waals surface area (Å²) in [7, 11) is -1.85. The standard InChI is InChI=1S/C11H18N6O2S/c1-7-10(8(2)17(3)16-7)6-14-20(18,19)11-9(4-12)5-13-15-11/h5,14H,4,6,12H2,1-3H3,(H,13,15). The molecule has 2 aromatic heterocycles. The first-order chi connectivity index (χ1) is 9.36. The van der Waals surface area contributed by atoms with Gasteiger partial charge in [0.05, 0.1) is 11.9 Å². The van der Waals surface area contributed by atoms with Gasteiger partial charge in [0.15, 0.2) is 5.03 Å². The summed E-state index contributed by atoms with van der Waals surface area (Å²) >= 11 is 0. The molecule has 0 atom stereocenters. The highest BCUT2D eigenvalue weighted by molar-refractivity contribution is 7.89. The Kier molecular flexibility index (Phi) is 3.93. The molecule has 2 aromatic rings. The number of H-pyrrole nitrogens is 1. The molecule has 0 aliphatic rings. The average Bonchev–Trinajstić information content (AvgIpc) is 2.95. The van der Waals surface area contributed by atoms with Gasteiger partial charge in [-0.1, -0.05) is 0 Å².